The van der Waals surface area contributed by atoms with Gasteiger partial charge < -0.3 is 34.1 Å². The van der Waals surface area contributed by atoms with Crippen LogP contribution in [0.3, 0.4) is 0 Å². The fraction of sp³-hybridized carbons (Fsp3) is 0.278. The number of nitrogens with zero attached hydrogens (tertiary/aromatic N) is 1. The Hall–Kier alpha value is -4.54. The maximum absolute atomic E-state index is 14.7. The number of benzene rings is 4. The summed E-state index contributed by atoms with van der Waals surface area (Å²) < 4.78 is 29.9. The van der Waals surface area contributed by atoms with Crippen molar-refractivity contribution in [2.75, 3.05) is 34.5 Å². The molecule has 9 nitrogen and oxygen atoms in total. The summed E-state index contributed by atoms with van der Waals surface area (Å²) in [7, 11) is 4.69. The number of aliphatic hydroxyl groups is 1. The minimum Gasteiger partial charge on any atom is -0.496 e. The van der Waals surface area contributed by atoms with E-state index in [2.05, 4.69) is 21.2 Å². The molecule has 1 aliphatic rings. The van der Waals surface area contributed by atoms with Gasteiger partial charge in [0.25, 0.3) is 5.91 Å². The van der Waals surface area contributed by atoms with Crippen LogP contribution in [0.2, 0.25) is 0 Å². The Bertz CT molecular complexity index is 1640. The quantitative estimate of drug-likeness (QED) is 0.155. The lowest BCUT2D eigenvalue weighted by atomic mass is 9.82. The summed E-state index contributed by atoms with van der Waals surface area (Å²) in [5.41, 5.74) is 1.69. The molecular formula is C36H37BrN2O7. The Morgan fingerprint density at radius 1 is 0.913 bits per heavy atom. The molecule has 0 aromatic heterocycles. The predicted octanol–water partition coefficient (Wildman–Crippen LogP) is 6.05. The minimum absolute atomic E-state index is 0.0588. The first kappa shape index (κ1) is 32.8. The molecule has 0 fully saturated rings. The number of rotatable bonds is 14. The van der Waals surface area contributed by atoms with Gasteiger partial charge in [-0.2, -0.15) is 0 Å². The monoisotopic (exact) mass is 688 g/mol. The number of aliphatic imine (C=N–C) groups is 1. The lowest BCUT2D eigenvalue weighted by molar-refractivity contribution is -0.129. The molecule has 2 N–H and O–H groups in total. The van der Waals surface area contributed by atoms with E-state index in [0.29, 0.717) is 53.1 Å². The zero-order valence-corrected chi connectivity index (χ0v) is 27.6. The van der Waals surface area contributed by atoms with Crippen LogP contribution < -0.4 is 24.3 Å². The van der Waals surface area contributed by atoms with Gasteiger partial charge in [0, 0.05) is 41.6 Å². The van der Waals surface area contributed by atoms with Gasteiger partial charge in [-0.1, -0.05) is 64.5 Å². The Kier molecular flexibility index (Phi) is 10.8. The van der Waals surface area contributed by atoms with Gasteiger partial charge in [-0.05, 0) is 41.5 Å². The molecule has 4 aromatic carbocycles. The molecule has 1 amide bonds. The molecule has 0 radical (unpaired) electrons. The predicted molar refractivity (Wildman–Crippen MR) is 179 cm³/mol. The van der Waals surface area contributed by atoms with E-state index in [-0.39, 0.29) is 25.5 Å². The Labute approximate surface area is 277 Å². The van der Waals surface area contributed by atoms with E-state index in [1.54, 1.807) is 33.5 Å². The molecule has 4 aromatic rings. The first-order chi connectivity index (χ1) is 22.4. The van der Waals surface area contributed by atoms with Gasteiger partial charge in [-0.25, -0.2) is 4.99 Å². The molecule has 5 rings (SSSR count). The van der Waals surface area contributed by atoms with Crippen LogP contribution in [0.1, 0.15) is 34.8 Å². The van der Waals surface area contributed by atoms with Gasteiger partial charge in [-0.15, -0.1) is 0 Å². The van der Waals surface area contributed by atoms with Crippen molar-refractivity contribution < 1.29 is 33.6 Å². The number of amides is 1. The average Bonchev–Trinajstić information content (AvgIpc) is 3.49. The van der Waals surface area contributed by atoms with E-state index in [1.807, 2.05) is 78.9 Å². The van der Waals surface area contributed by atoms with Gasteiger partial charge in [0.05, 0.1) is 40.0 Å². The van der Waals surface area contributed by atoms with Gasteiger partial charge in [0.1, 0.15) is 23.0 Å². The van der Waals surface area contributed by atoms with E-state index in [4.69, 9.17) is 33.8 Å². The molecular weight excluding hydrogens is 652 g/mol. The van der Waals surface area contributed by atoms with Crippen molar-refractivity contribution in [3.8, 4) is 23.0 Å². The number of ether oxygens (including phenoxy) is 5. The summed E-state index contributed by atoms with van der Waals surface area (Å²) in [4.78, 5) is 19.8. The van der Waals surface area contributed by atoms with Crippen molar-refractivity contribution in [3.63, 3.8) is 0 Å². The van der Waals surface area contributed by atoms with Crippen molar-refractivity contribution in [1.82, 2.24) is 5.32 Å². The summed E-state index contributed by atoms with van der Waals surface area (Å²) in [5, 5.41) is 12.2. The molecule has 1 heterocycles. The Morgan fingerprint density at radius 3 is 2.22 bits per heavy atom. The highest BCUT2D eigenvalue weighted by atomic mass is 79.9. The molecule has 46 heavy (non-hydrogen) atoms. The van der Waals surface area contributed by atoms with E-state index < -0.39 is 11.6 Å². The van der Waals surface area contributed by atoms with E-state index in [9.17, 15) is 4.79 Å². The zero-order chi connectivity index (χ0) is 32.5. The van der Waals surface area contributed by atoms with Crippen molar-refractivity contribution >= 4 is 27.7 Å². The van der Waals surface area contributed by atoms with Crippen molar-refractivity contribution in [1.29, 1.82) is 0 Å². The zero-order valence-electron chi connectivity index (χ0n) is 26.0. The van der Waals surface area contributed by atoms with Gasteiger partial charge in [0.2, 0.25) is 5.90 Å². The molecule has 0 spiro atoms. The highest BCUT2D eigenvalue weighted by Crippen LogP contribution is 2.44. The van der Waals surface area contributed by atoms with Crippen LogP contribution in [0.15, 0.2) is 100 Å². The van der Waals surface area contributed by atoms with E-state index in [1.165, 1.54) is 0 Å². The first-order valence-electron chi connectivity index (χ1n) is 14.9. The fourth-order valence-corrected chi connectivity index (χ4v) is 5.84. The molecule has 0 saturated heterocycles. The lowest BCUT2D eigenvalue weighted by Crippen LogP contribution is -2.49. The molecule has 240 valence electrons. The van der Waals surface area contributed by atoms with Crippen LogP contribution in [-0.2, 0) is 22.5 Å². The topological polar surface area (TPSA) is 108 Å². The van der Waals surface area contributed by atoms with E-state index >= 15 is 0 Å². The van der Waals surface area contributed by atoms with E-state index in [0.717, 1.165) is 15.6 Å². The molecule has 2 atom stereocenters. The van der Waals surface area contributed by atoms with Crippen LogP contribution in [0.25, 0.3) is 0 Å². The number of nitrogens with one attached hydrogen (secondary N) is 1. The van der Waals surface area contributed by atoms with Crippen molar-refractivity contribution in [2.45, 2.75) is 31.0 Å². The summed E-state index contributed by atoms with van der Waals surface area (Å²) in [6.07, 6.45) is 0.0516. The third-order valence-electron chi connectivity index (χ3n) is 7.79. The van der Waals surface area contributed by atoms with Crippen LogP contribution >= 0.6 is 15.9 Å². The SMILES string of the molecule is COc1cc(OC)c(CNC(=O)[C@]2(Cc3ccccc3Br)N=C(c3ccc(OCCCO)cc3)O[C@@H]2c2ccccc2)c(OC)c1. The third-order valence-corrected chi connectivity index (χ3v) is 8.57. The second-order valence-electron chi connectivity index (χ2n) is 10.7. The minimum atomic E-state index is -1.39. The van der Waals surface area contributed by atoms with Crippen LogP contribution in [0.5, 0.6) is 23.0 Å². The Balaban J connectivity index is 1.57. The van der Waals surface area contributed by atoms with Crippen LogP contribution in [0.4, 0.5) is 0 Å². The third kappa shape index (κ3) is 7.13. The molecule has 0 aliphatic carbocycles. The number of hydrogen-bond donors (Lipinski definition) is 2. The van der Waals surface area contributed by atoms with Gasteiger partial charge in [-0.3, -0.25) is 4.79 Å². The lowest BCUT2D eigenvalue weighted by Gasteiger charge is -2.31. The molecule has 0 bridgehead atoms. The Morgan fingerprint density at radius 2 is 1.59 bits per heavy atom. The highest BCUT2D eigenvalue weighted by molar-refractivity contribution is 9.10. The maximum Gasteiger partial charge on any atom is 0.252 e. The summed E-state index contributed by atoms with van der Waals surface area (Å²) in [5.74, 6) is 2.29. The number of aliphatic hydroxyl groups excluding tert-OH is 1. The maximum atomic E-state index is 14.7. The average molecular weight is 690 g/mol. The number of hydrogen-bond acceptors (Lipinski definition) is 8. The van der Waals surface area contributed by atoms with Crippen molar-refractivity contribution in [2.24, 2.45) is 4.99 Å². The number of methoxy groups -OCH3 is 3. The molecule has 1 aliphatic heterocycles. The number of carbonyl (C=O) groups excluding carboxylic acids is 1. The number of halogens is 1. The second-order valence-corrected chi connectivity index (χ2v) is 11.5. The van der Waals surface area contributed by atoms with Gasteiger partial charge >= 0.3 is 0 Å². The smallest absolute Gasteiger partial charge is 0.252 e. The fourth-order valence-electron chi connectivity index (χ4n) is 5.42. The first-order valence-corrected chi connectivity index (χ1v) is 15.7. The van der Waals surface area contributed by atoms with Crippen molar-refractivity contribution in [3.05, 3.63) is 118 Å². The number of carbonyl (C=O) groups is 1. The summed E-state index contributed by atoms with van der Waals surface area (Å²) in [6, 6.07) is 28.3. The van der Waals surface area contributed by atoms with Crippen LogP contribution in [-0.4, -0.2) is 57.0 Å². The second kappa shape index (κ2) is 15.2. The molecule has 0 unspecified atom stereocenters. The summed E-state index contributed by atoms with van der Waals surface area (Å²) in [6.45, 7) is 0.574. The van der Waals surface area contributed by atoms with Crippen LogP contribution in [0, 0.1) is 0 Å². The van der Waals surface area contributed by atoms with Gasteiger partial charge in [0.15, 0.2) is 11.6 Å². The summed E-state index contributed by atoms with van der Waals surface area (Å²) >= 11 is 3.68. The highest BCUT2D eigenvalue weighted by Gasteiger charge is 2.53. The standard InChI is InChI=1S/C36H37BrN2O7/c1-42-28-20-31(43-2)29(32(21-28)44-3)23-38-35(41)36(22-26-12-7-8-13-30(26)37)33(24-10-5-4-6-11-24)46-34(39-36)25-14-16-27(17-15-25)45-19-9-18-40/h4-8,10-17,20-21,33,40H,9,18-19,22-23H2,1-3H3,(H,38,41)/t33-,36-/m1/s1. The molecule has 10 heteroatoms. The largest absolute Gasteiger partial charge is 0.496 e. The molecule has 0 saturated carbocycles. The normalized spacial score (nSPS) is 17.1.